The first kappa shape index (κ1) is 25.4. The van der Waals surface area contributed by atoms with Crippen molar-refractivity contribution in [1.82, 2.24) is 20.5 Å². The summed E-state index contributed by atoms with van der Waals surface area (Å²) < 4.78 is 10.6. The zero-order valence-electron chi connectivity index (χ0n) is 17.7. The van der Waals surface area contributed by atoms with Crippen molar-refractivity contribution in [3.8, 4) is 0 Å². The van der Waals surface area contributed by atoms with Crippen LogP contribution < -0.4 is 10.6 Å². The van der Waals surface area contributed by atoms with Crippen LogP contribution in [-0.4, -0.2) is 56.1 Å². The number of nitrogens with one attached hydrogen (secondary N) is 2. The first-order valence-corrected chi connectivity index (χ1v) is 10.00. The molecule has 2 aromatic heterocycles. The van der Waals surface area contributed by atoms with Crippen molar-refractivity contribution >= 4 is 47.2 Å². The molecule has 2 aromatic rings. The van der Waals surface area contributed by atoms with Gasteiger partial charge in [0.15, 0.2) is 5.96 Å². The number of furan rings is 1. The average molecular weight is 535 g/mol. The number of carbonyl (C=O) groups excluding carboxylic acids is 1. The van der Waals surface area contributed by atoms with E-state index in [9.17, 15) is 4.79 Å². The molecule has 0 aliphatic rings. The molecular formula is C19H30IN5O3S. The second-order valence-corrected chi connectivity index (χ2v) is 7.53. The number of guanidine groups is 1. The van der Waals surface area contributed by atoms with E-state index >= 15 is 0 Å². The molecule has 2 unspecified atom stereocenters. The molecule has 2 N–H and O–H groups in total. The van der Waals surface area contributed by atoms with Gasteiger partial charge in [-0.1, -0.05) is 0 Å². The summed E-state index contributed by atoms with van der Waals surface area (Å²) in [5.41, 5.74) is 0.681. The number of aromatic nitrogens is 1. The fraction of sp³-hybridized carbons (Fsp3) is 0.526. The van der Waals surface area contributed by atoms with Gasteiger partial charge in [-0.05, 0) is 47.0 Å². The third-order valence-electron chi connectivity index (χ3n) is 4.18. The number of aliphatic imine (C=N–C) groups is 1. The van der Waals surface area contributed by atoms with Gasteiger partial charge in [0.05, 0.1) is 30.6 Å². The van der Waals surface area contributed by atoms with E-state index < -0.39 is 0 Å². The number of nitrogens with zero attached hydrogens (tertiary/aromatic N) is 3. The van der Waals surface area contributed by atoms with E-state index in [2.05, 4.69) is 25.5 Å². The summed E-state index contributed by atoms with van der Waals surface area (Å²) in [6.45, 7) is 6.56. The number of hydrogen-bond donors (Lipinski definition) is 2. The van der Waals surface area contributed by atoms with Crippen molar-refractivity contribution in [2.24, 2.45) is 4.99 Å². The van der Waals surface area contributed by atoms with Crippen LogP contribution in [-0.2, 0) is 4.74 Å². The maximum absolute atomic E-state index is 12.0. The van der Waals surface area contributed by atoms with Crippen molar-refractivity contribution in [3.05, 3.63) is 39.7 Å². The molecule has 10 heteroatoms. The number of thiazole rings is 1. The maximum atomic E-state index is 12.0. The van der Waals surface area contributed by atoms with Gasteiger partial charge in [-0.3, -0.25) is 9.89 Å². The smallest absolute Gasteiger partial charge is 0.350 e. The van der Waals surface area contributed by atoms with Gasteiger partial charge in [0.1, 0.15) is 15.6 Å². The SMILES string of the molecule is CCOC(=O)c1sc(C(C)NC(=NC)NCC(c2ccco2)N(C)C)nc1C.I. The maximum Gasteiger partial charge on any atom is 0.350 e. The number of rotatable bonds is 8. The monoisotopic (exact) mass is 535 g/mol. The van der Waals surface area contributed by atoms with Crippen molar-refractivity contribution in [3.63, 3.8) is 0 Å². The van der Waals surface area contributed by atoms with Crippen LogP contribution in [0.5, 0.6) is 0 Å². The summed E-state index contributed by atoms with van der Waals surface area (Å²) in [5, 5.41) is 7.45. The fourth-order valence-electron chi connectivity index (χ4n) is 2.66. The summed E-state index contributed by atoms with van der Waals surface area (Å²) in [5.74, 6) is 1.21. The third-order valence-corrected chi connectivity index (χ3v) is 5.50. The molecule has 162 valence electrons. The van der Waals surface area contributed by atoms with E-state index in [4.69, 9.17) is 9.15 Å². The number of ether oxygens (including phenoxy) is 1. The Bertz CT molecular complexity index is 792. The molecule has 0 spiro atoms. The molecular weight excluding hydrogens is 505 g/mol. The lowest BCUT2D eigenvalue weighted by molar-refractivity contribution is 0.0531. The lowest BCUT2D eigenvalue weighted by Gasteiger charge is -2.24. The second kappa shape index (κ2) is 12.1. The highest BCUT2D eigenvalue weighted by atomic mass is 127. The van der Waals surface area contributed by atoms with Gasteiger partial charge in [0, 0.05) is 13.6 Å². The number of halogens is 1. The highest BCUT2D eigenvalue weighted by Gasteiger charge is 2.21. The average Bonchev–Trinajstić information content (AvgIpc) is 3.30. The number of likely N-dealkylation sites (N-methyl/N-ethyl adjacent to an activating group) is 1. The lowest BCUT2D eigenvalue weighted by atomic mass is 10.2. The molecule has 2 heterocycles. The largest absolute Gasteiger partial charge is 0.468 e. The Kier molecular flexibility index (Phi) is 10.6. The summed E-state index contributed by atoms with van der Waals surface area (Å²) in [6, 6.07) is 3.80. The Balaban J connectivity index is 0.00000420. The predicted molar refractivity (Wildman–Crippen MR) is 126 cm³/mol. The summed E-state index contributed by atoms with van der Waals surface area (Å²) in [6.07, 6.45) is 1.67. The number of esters is 1. The Hall–Kier alpha value is -1.66. The molecule has 0 aliphatic carbocycles. The lowest BCUT2D eigenvalue weighted by Crippen LogP contribution is -2.42. The van der Waals surface area contributed by atoms with Gasteiger partial charge < -0.3 is 19.8 Å². The van der Waals surface area contributed by atoms with Crippen LogP contribution in [0.1, 0.15) is 52.1 Å². The molecule has 29 heavy (non-hydrogen) atoms. The van der Waals surface area contributed by atoms with E-state index in [-0.39, 0.29) is 42.0 Å². The van der Waals surface area contributed by atoms with Crippen LogP contribution in [0.25, 0.3) is 0 Å². The van der Waals surface area contributed by atoms with Gasteiger partial charge in [0.25, 0.3) is 0 Å². The Morgan fingerprint density at radius 1 is 1.45 bits per heavy atom. The molecule has 0 fully saturated rings. The van der Waals surface area contributed by atoms with E-state index in [1.165, 1.54) is 11.3 Å². The molecule has 2 atom stereocenters. The van der Waals surface area contributed by atoms with Crippen molar-refractivity contribution in [2.75, 3.05) is 34.3 Å². The van der Waals surface area contributed by atoms with Crippen LogP contribution in [0.4, 0.5) is 0 Å². The fourth-order valence-corrected chi connectivity index (χ4v) is 3.62. The van der Waals surface area contributed by atoms with E-state index in [1.54, 1.807) is 20.2 Å². The van der Waals surface area contributed by atoms with Crippen LogP contribution in [0.15, 0.2) is 27.8 Å². The molecule has 0 bridgehead atoms. The summed E-state index contributed by atoms with van der Waals surface area (Å²) in [7, 11) is 5.72. The molecule has 0 aromatic carbocycles. The van der Waals surface area contributed by atoms with E-state index in [0.29, 0.717) is 29.7 Å². The summed E-state index contributed by atoms with van der Waals surface area (Å²) in [4.78, 5) is 23.4. The van der Waals surface area contributed by atoms with E-state index in [0.717, 1.165) is 10.8 Å². The number of carbonyl (C=O) groups is 1. The molecule has 0 amide bonds. The standard InChI is InChI=1S/C19H29N5O3S.HI/c1-7-26-18(25)16-12(2)22-17(28-16)13(3)23-19(20-4)21-11-14(24(5)6)15-9-8-10-27-15;/h8-10,13-14H,7,11H2,1-6H3,(H2,20,21,23);1H. The first-order valence-electron chi connectivity index (χ1n) is 9.18. The quantitative estimate of drug-likeness (QED) is 0.232. The zero-order chi connectivity index (χ0) is 20.7. The molecule has 2 rings (SSSR count). The molecule has 0 aliphatic heterocycles. The first-order chi connectivity index (χ1) is 13.4. The third kappa shape index (κ3) is 6.96. The molecule has 0 radical (unpaired) electrons. The van der Waals surface area contributed by atoms with Gasteiger partial charge in [-0.15, -0.1) is 35.3 Å². The molecule has 8 nitrogen and oxygen atoms in total. The van der Waals surface area contributed by atoms with Gasteiger partial charge >= 0.3 is 5.97 Å². The molecule has 0 saturated carbocycles. The highest BCUT2D eigenvalue weighted by molar-refractivity contribution is 14.0. The van der Waals surface area contributed by atoms with E-state index in [1.807, 2.05) is 40.1 Å². The topological polar surface area (TPSA) is 92.0 Å². The van der Waals surface area contributed by atoms with Gasteiger partial charge in [-0.25, -0.2) is 9.78 Å². The van der Waals surface area contributed by atoms with Crippen molar-refractivity contribution in [1.29, 1.82) is 0 Å². The number of hydrogen-bond acceptors (Lipinski definition) is 7. The van der Waals surface area contributed by atoms with Crippen molar-refractivity contribution < 1.29 is 13.9 Å². The minimum atomic E-state index is -0.328. The minimum Gasteiger partial charge on any atom is -0.468 e. The number of aryl methyl sites for hydroxylation is 1. The Morgan fingerprint density at radius 2 is 2.17 bits per heavy atom. The van der Waals surface area contributed by atoms with Crippen LogP contribution in [0.2, 0.25) is 0 Å². The Morgan fingerprint density at radius 3 is 2.72 bits per heavy atom. The van der Waals surface area contributed by atoms with Crippen LogP contribution in [0.3, 0.4) is 0 Å². The Labute approximate surface area is 193 Å². The van der Waals surface area contributed by atoms with Crippen molar-refractivity contribution in [2.45, 2.75) is 32.9 Å². The minimum absolute atomic E-state index is 0. The predicted octanol–water partition coefficient (Wildman–Crippen LogP) is 3.37. The summed E-state index contributed by atoms with van der Waals surface area (Å²) >= 11 is 1.34. The van der Waals surface area contributed by atoms with Gasteiger partial charge in [-0.2, -0.15) is 0 Å². The van der Waals surface area contributed by atoms with Crippen LogP contribution >= 0.6 is 35.3 Å². The highest BCUT2D eigenvalue weighted by Crippen LogP contribution is 2.24. The zero-order valence-corrected chi connectivity index (χ0v) is 20.8. The van der Waals surface area contributed by atoms with Gasteiger partial charge in [0.2, 0.25) is 0 Å². The normalized spacial score (nSPS) is 13.6. The molecule has 0 saturated heterocycles. The van der Waals surface area contributed by atoms with Crippen LogP contribution in [0, 0.1) is 6.92 Å². The second-order valence-electron chi connectivity index (χ2n) is 6.50.